The zero-order valence-corrected chi connectivity index (χ0v) is 12.7. The molecule has 1 atom stereocenters. The molecule has 10 heteroatoms. The standard InChI is InChI=1S/C10H18F3O6P/c1-6(2)17-20(15,18-7(3)4)19-8(9(14)16-5)10(11,12)13/h6-8H,1-5H3. The Balaban J connectivity index is 5.28. The van der Waals surface area contributed by atoms with Crippen molar-refractivity contribution in [2.24, 2.45) is 0 Å². The molecule has 0 rings (SSSR count). The second kappa shape index (κ2) is 7.40. The minimum Gasteiger partial charge on any atom is -0.467 e. The smallest absolute Gasteiger partial charge is 0.467 e. The molecule has 0 heterocycles. The summed E-state index contributed by atoms with van der Waals surface area (Å²) in [6.07, 6.45) is -9.61. The van der Waals surface area contributed by atoms with Crippen molar-refractivity contribution in [3.63, 3.8) is 0 Å². The quantitative estimate of drug-likeness (QED) is 0.530. The number of rotatable bonds is 7. The summed E-state index contributed by atoms with van der Waals surface area (Å²) < 4.78 is 68.1. The lowest BCUT2D eigenvalue weighted by atomic mass is 10.3. The Morgan fingerprint density at radius 3 is 1.65 bits per heavy atom. The second-order valence-electron chi connectivity index (χ2n) is 4.31. The van der Waals surface area contributed by atoms with Gasteiger partial charge in [0.2, 0.25) is 0 Å². The van der Waals surface area contributed by atoms with E-state index in [-0.39, 0.29) is 0 Å². The van der Waals surface area contributed by atoms with Crippen LogP contribution in [0.1, 0.15) is 27.7 Å². The molecule has 120 valence electrons. The number of alkyl halides is 3. The Bertz CT molecular complexity index is 354. The number of hydrogen-bond acceptors (Lipinski definition) is 6. The third-order valence-electron chi connectivity index (χ3n) is 1.63. The van der Waals surface area contributed by atoms with Gasteiger partial charge >= 0.3 is 20.0 Å². The summed E-state index contributed by atoms with van der Waals surface area (Å²) in [6, 6.07) is 0. The molecule has 0 aromatic carbocycles. The number of carbonyl (C=O) groups is 1. The van der Waals surface area contributed by atoms with E-state index in [4.69, 9.17) is 9.05 Å². The molecule has 0 aliphatic rings. The monoisotopic (exact) mass is 322 g/mol. The summed E-state index contributed by atoms with van der Waals surface area (Å²) in [5.41, 5.74) is 0. The molecule has 0 saturated heterocycles. The topological polar surface area (TPSA) is 71.1 Å². The molecular weight excluding hydrogens is 304 g/mol. The Morgan fingerprint density at radius 2 is 1.40 bits per heavy atom. The molecular formula is C10H18F3O6P. The Labute approximate surface area is 115 Å². The molecule has 0 saturated carbocycles. The van der Waals surface area contributed by atoms with Crippen molar-refractivity contribution < 1.29 is 40.8 Å². The van der Waals surface area contributed by atoms with Crippen LogP contribution in [0.3, 0.4) is 0 Å². The van der Waals surface area contributed by atoms with Crippen molar-refractivity contribution >= 4 is 13.8 Å². The summed E-state index contributed by atoms with van der Waals surface area (Å²) in [5, 5.41) is 0. The van der Waals surface area contributed by atoms with Gasteiger partial charge in [0.05, 0.1) is 19.3 Å². The number of ether oxygens (including phenoxy) is 1. The van der Waals surface area contributed by atoms with E-state index >= 15 is 0 Å². The van der Waals surface area contributed by atoms with Gasteiger partial charge in [-0.05, 0) is 27.7 Å². The van der Waals surface area contributed by atoms with Crippen molar-refractivity contribution in [3.8, 4) is 0 Å². The highest BCUT2D eigenvalue weighted by molar-refractivity contribution is 7.48. The number of phosphoric acid groups is 1. The maximum absolute atomic E-state index is 12.7. The summed E-state index contributed by atoms with van der Waals surface area (Å²) in [7, 11) is -3.82. The molecule has 20 heavy (non-hydrogen) atoms. The number of halogens is 3. The predicted molar refractivity (Wildman–Crippen MR) is 63.0 cm³/mol. The first kappa shape index (κ1) is 19.4. The third kappa shape index (κ3) is 6.69. The van der Waals surface area contributed by atoms with Gasteiger partial charge in [0.15, 0.2) is 0 Å². The average molecular weight is 322 g/mol. The molecule has 0 aliphatic carbocycles. The molecule has 1 unspecified atom stereocenters. The fourth-order valence-corrected chi connectivity index (χ4v) is 2.71. The summed E-state index contributed by atoms with van der Waals surface area (Å²) in [5.74, 6) is -1.74. The zero-order chi connectivity index (χ0) is 16.1. The van der Waals surface area contributed by atoms with E-state index in [0.717, 1.165) is 7.11 Å². The first-order valence-corrected chi connectivity index (χ1v) is 7.17. The molecule has 6 nitrogen and oxygen atoms in total. The van der Waals surface area contributed by atoms with E-state index in [1.54, 1.807) is 0 Å². The SMILES string of the molecule is COC(=O)C(OP(=O)(OC(C)C)OC(C)C)C(F)(F)F. The highest BCUT2D eigenvalue weighted by Gasteiger charge is 2.52. The van der Waals surface area contributed by atoms with E-state index in [2.05, 4.69) is 9.26 Å². The van der Waals surface area contributed by atoms with Crippen molar-refractivity contribution in [3.05, 3.63) is 0 Å². The molecule has 0 amide bonds. The Hall–Kier alpha value is -0.630. The lowest BCUT2D eigenvalue weighted by Crippen LogP contribution is -2.39. The lowest BCUT2D eigenvalue weighted by molar-refractivity contribution is -0.214. The van der Waals surface area contributed by atoms with Crippen molar-refractivity contribution in [2.45, 2.75) is 52.2 Å². The lowest BCUT2D eigenvalue weighted by Gasteiger charge is -2.26. The van der Waals surface area contributed by atoms with Crippen molar-refractivity contribution in [2.75, 3.05) is 7.11 Å². The van der Waals surface area contributed by atoms with Crippen LogP contribution >= 0.6 is 7.82 Å². The Morgan fingerprint density at radius 1 is 1.00 bits per heavy atom. The van der Waals surface area contributed by atoms with Gasteiger partial charge in [-0.1, -0.05) is 0 Å². The first-order chi connectivity index (χ1) is 8.91. The molecule has 0 aliphatic heterocycles. The molecule has 0 N–H and O–H groups in total. The molecule has 0 aromatic rings. The molecule has 0 spiro atoms. The van der Waals surface area contributed by atoms with Crippen molar-refractivity contribution in [1.82, 2.24) is 0 Å². The van der Waals surface area contributed by atoms with Crippen molar-refractivity contribution in [1.29, 1.82) is 0 Å². The van der Waals surface area contributed by atoms with Gasteiger partial charge in [-0.3, -0.25) is 13.6 Å². The van der Waals surface area contributed by atoms with Crippen LogP contribution in [0.5, 0.6) is 0 Å². The van der Waals surface area contributed by atoms with Gasteiger partial charge in [-0.25, -0.2) is 9.36 Å². The van der Waals surface area contributed by atoms with Gasteiger partial charge in [-0.2, -0.15) is 13.2 Å². The number of carbonyl (C=O) groups excluding carboxylic acids is 1. The van der Waals surface area contributed by atoms with Crippen LogP contribution < -0.4 is 0 Å². The highest BCUT2D eigenvalue weighted by atomic mass is 31.2. The number of methoxy groups -OCH3 is 1. The van der Waals surface area contributed by atoms with Crippen LogP contribution in [0.25, 0.3) is 0 Å². The van der Waals surface area contributed by atoms with E-state index < -0.39 is 38.3 Å². The van der Waals surface area contributed by atoms with Gasteiger partial charge in [-0.15, -0.1) is 0 Å². The first-order valence-electron chi connectivity index (χ1n) is 5.71. The highest BCUT2D eigenvalue weighted by Crippen LogP contribution is 2.54. The number of esters is 1. The zero-order valence-electron chi connectivity index (χ0n) is 11.8. The molecule has 0 fully saturated rings. The number of hydrogen-bond donors (Lipinski definition) is 0. The van der Waals surface area contributed by atoms with Crippen LogP contribution in [0.2, 0.25) is 0 Å². The average Bonchev–Trinajstić information content (AvgIpc) is 2.21. The number of phosphoric ester groups is 1. The van der Waals surface area contributed by atoms with E-state index in [0.29, 0.717) is 0 Å². The summed E-state index contributed by atoms with van der Waals surface area (Å²) in [4.78, 5) is 11.1. The van der Waals surface area contributed by atoms with E-state index in [9.17, 15) is 22.5 Å². The van der Waals surface area contributed by atoms with Crippen LogP contribution in [0, 0.1) is 0 Å². The fourth-order valence-electron chi connectivity index (χ4n) is 1.06. The second-order valence-corrected chi connectivity index (χ2v) is 5.83. The summed E-state index contributed by atoms with van der Waals surface area (Å²) >= 11 is 0. The molecule has 0 aromatic heterocycles. The minimum absolute atomic E-state index is 0.730. The predicted octanol–water partition coefficient (Wildman–Crippen LogP) is 3.07. The van der Waals surface area contributed by atoms with Gasteiger partial charge < -0.3 is 4.74 Å². The van der Waals surface area contributed by atoms with Gasteiger partial charge in [0.25, 0.3) is 6.10 Å². The van der Waals surface area contributed by atoms with Gasteiger partial charge in [0.1, 0.15) is 0 Å². The minimum atomic E-state index is -5.11. The fraction of sp³-hybridized carbons (Fsp3) is 0.900. The third-order valence-corrected chi connectivity index (χ3v) is 3.46. The normalized spacial score (nSPS) is 14.7. The Kier molecular flexibility index (Phi) is 7.17. The maximum atomic E-state index is 12.7. The van der Waals surface area contributed by atoms with Crippen LogP contribution in [-0.2, 0) is 27.7 Å². The molecule has 0 radical (unpaired) electrons. The largest absolute Gasteiger partial charge is 0.476 e. The van der Waals surface area contributed by atoms with Crippen LogP contribution in [0.4, 0.5) is 13.2 Å². The van der Waals surface area contributed by atoms with E-state index in [1.807, 2.05) is 0 Å². The van der Waals surface area contributed by atoms with Crippen LogP contribution in [0.15, 0.2) is 0 Å². The summed E-state index contributed by atoms with van der Waals surface area (Å²) in [6.45, 7) is 5.72. The maximum Gasteiger partial charge on any atom is 0.476 e. The van der Waals surface area contributed by atoms with E-state index in [1.165, 1.54) is 27.7 Å². The molecule has 0 bridgehead atoms. The van der Waals surface area contributed by atoms with Gasteiger partial charge in [0, 0.05) is 0 Å². The van der Waals surface area contributed by atoms with Crippen LogP contribution in [-0.4, -0.2) is 37.6 Å².